The zero-order valence-corrected chi connectivity index (χ0v) is 23.6. The summed E-state index contributed by atoms with van der Waals surface area (Å²) in [5.41, 5.74) is -2.22. The first-order valence-corrected chi connectivity index (χ1v) is 15.3. The maximum Gasteiger partial charge on any atom is 0.408 e. The number of rotatable bonds is 4. The molecule has 2 aliphatic carbocycles. The number of hydrogen-bond donors (Lipinski definition) is 4. The molecule has 218 valence electrons. The number of amides is 4. The molecule has 0 spiro atoms. The number of aliphatic hydroxyl groups excluding tert-OH is 1. The molecule has 0 aromatic rings. The van der Waals surface area contributed by atoms with E-state index in [1.807, 2.05) is 12.2 Å². The first-order chi connectivity index (χ1) is 18.2. The largest absolute Gasteiger partial charge is 0.444 e. The summed E-state index contributed by atoms with van der Waals surface area (Å²) >= 11 is 0. The van der Waals surface area contributed by atoms with E-state index in [2.05, 4.69) is 15.4 Å². The molecular formula is C26H40N4O8S. The highest BCUT2D eigenvalue weighted by Gasteiger charge is 2.62. The van der Waals surface area contributed by atoms with E-state index in [9.17, 15) is 32.7 Å². The van der Waals surface area contributed by atoms with Gasteiger partial charge in [0.25, 0.3) is 5.91 Å². The summed E-state index contributed by atoms with van der Waals surface area (Å²) in [7, 11) is -3.83. The van der Waals surface area contributed by atoms with Gasteiger partial charge in [0.05, 0.1) is 11.4 Å². The molecular weight excluding hydrogens is 528 g/mol. The maximum atomic E-state index is 13.6. The van der Waals surface area contributed by atoms with Gasteiger partial charge in [0.15, 0.2) is 0 Å². The van der Waals surface area contributed by atoms with Gasteiger partial charge in [-0.15, -0.1) is 0 Å². The van der Waals surface area contributed by atoms with Gasteiger partial charge in [0, 0.05) is 18.9 Å². The van der Waals surface area contributed by atoms with Crippen LogP contribution in [0.2, 0.25) is 0 Å². The molecule has 5 atom stereocenters. The molecule has 4 amide bonds. The fourth-order valence-electron chi connectivity index (χ4n) is 5.23. The molecule has 39 heavy (non-hydrogen) atoms. The summed E-state index contributed by atoms with van der Waals surface area (Å²) in [6.07, 6.45) is 6.46. The highest BCUT2D eigenvalue weighted by molar-refractivity contribution is 7.91. The van der Waals surface area contributed by atoms with Crippen LogP contribution in [0.3, 0.4) is 0 Å². The van der Waals surface area contributed by atoms with Crippen molar-refractivity contribution >= 4 is 33.8 Å². The van der Waals surface area contributed by atoms with Crippen molar-refractivity contribution in [2.45, 2.75) is 113 Å². The molecule has 13 heteroatoms. The van der Waals surface area contributed by atoms with E-state index < -0.39 is 74.3 Å². The van der Waals surface area contributed by atoms with Crippen LogP contribution in [0.1, 0.15) is 78.6 Å². The molecule has 3 fully saturated rings. The van der Waals surface area contributed by atoms with Crippen LogP contribution in [-0.2, 0) is 29.1 Å². The summed E-state index contributed by atoms with van der Waals surface area (Å²) in [6.45, 7) is 5.02. The standard InChI is InChI=1S/C26H40N4O8S/c1-25(2,3)38-24(35)27-19-10-8-6-4-5-7-9-16-14-26(16,23(34)29-39(36,37)18-11-12-18)28-21(32)20-13-17(31)15-30(20)22(19)33/h7,9,16-20,31H,4-6,8,10-15H2,1-3H3,(H,27,35)(H,28,32)(H,29,34)/t16-,17-,19+,20-,26-/m1/s1. The molecule has 0 bridgehead atoms. The summed E-state index contributed by atoms with van der Waals surface area (Å²) in [5, 5.41) is 15.2. The third kappa shape index (κ3) is 7.10. The first-order valence-electron chi connectivity index (χ1n) is 13.7. The lowest BCUT2D eigenvalue weighted by molar-refractivity contribution is -0.141. The third-order valence-electron chi connectivity index (χ3n) is 7.55. The molecule has 0 aromatic heterocycles. The molecule has 2 saturated carbocycles. The Hall–Kier alpha value is -2.67. The van der Waals surface area contributed by atoms with Gasteiger partial charge >= 0.3 is 6.09 Å². The second-order valence-electron chi connectivity index (χ2n) is 12.1. The molecule has 0 radical (unpaired) electrons. The number of alkyl carbamates (subject to hydrolysis) is 1. The van der Waals surface area contributed by atoms with E-state index in [0.717, 1.165) is 12.8 Å². The molecule has 12 nitrogen and oxygen atoms in total. The Kier molecular flexibility index (Phi) is 8.32. The molecule has 4 aliphatic rings. The minimum Gasteiger partial charge on any atom is -0.444 e. The Labute approximate surface area is 229 Å². The summed E-state index contributed by atoms with van der Waals surface area (Å²) in [6, 6.07) is -2.05. The van der Waals surface area contributed by atoms with Gasteiger partial charge < -0.3 is 25.4 Å². The first kappa shape index (κ1) is 29.3. The van der Waals surface area contributed by atoms with E-state index >= 15 is 0 Å². The van der Waals surface area contributed by atoms with Crippen molar-refractivity contribution in [2.24, 2.45) is 5.92 Å². The van der Waals surface area contributed by atoms with Gasteiger partial charge in [-0.3, -0.25) is 19.1 Å². The number of aliphatic hydroxyl groups is 1. The van der Waals surface area contributed by atoms with E-state index in [-0.39, 0.29) is 19.4 Å². The van der Waals surface area contributed by atoms with Gasteiger partial charge in [-0.1, -0.05) is 25.0 Å². The molecule has 2 heterocycles. The number of ether oxygens (including phenoxy) is 1. The van der Waals surface area contributed by atoms with Crippen molar-refractivity contribution in [3.63, 3.8) is 0 Å². The van der Waals surface area contributed by atoms with E-state index in [1.165, 1.54) is 4.90 Å². The second-order valence-corrected chi connectivity index (χ2v) is 14.1. The van der Waals surface area contributed by atoms with Crippen molar-refractivity contribution in [3.05, 3.63) is 12.2 Å². The van der Waals surface area contributed by atoms with Gasteiger partial charge in [-0.2, -0.15) is 0 Å². The van der Waals surface area contributed by atoms with Crippen LogP contribution in [0.25, 0.3) is 0 Å². The predicted molar refractivity (Wildman–Crippen MR) is 141 cm³/mol. The lowest BCUT2D eigenvalue weighted by Crippen LogP contribution is -2.58. The number of hydrogen-bond acceptors (Lipinski definition) is 8. The van der Waals surface area contributed by atoms with Gasteiger partial charge in [-0.25, -0.2) is 13.2 Å². The average molecular weight is 569 g/mol. The maximum absolute atomic E-state index is 13.6. The van der Waals surface area contributed by atoms with Crippen molar-refractivity contribution < 1.29 is 37.4 Å². The minimum absolute atomic E-state index is 0.0463. The summed E-state index contributed by atoms with van der Waals surface area (Å²) in [4.78, 5) is 54.1. The van der Waals surface area contributed by atoms with Gasteiger partial charge in [0.1, 0.15) is 23.2 Å². The van der Waals surface area contributed by atoms with Crippen LogP contribution >= 0.6 is 0 Å². The summed E-state index contributed by atoms with van der Waals surface area (Å²) in [5.74, 6) is -2.35. The SMILES string of the molecule is CC(C)(C)OC(=O)N[C@H]1CCCCCC=C[C@@H]2C[C@@]2(C(=O)NS(=O)(=O)C2CC2)NC(=O)[C@H]2C[C@@H](O)CN2C1=O. The Bertz CT molecular complexity index is 1130. The number of sulfonamides is 1. The van der Waals surface area contributed by atoms with Crippen molar-refractivity contribution in [2.75, 3.05) is 6.54 Å². The number of nitrogens with one attached hydrogen (secondary N) is 3. The monoisotopic (exact) mass is 568 g/mol. The molecule has 2 aliphatic heterocycles. The van der Waals surface area contributed by atoms with Gasteiger partial charge in [-0.05, 0) is 59.3 Å². The summed E-state index contributed by atoms with van der Waals surface area (Å²) < 4.78 is 32.4. The van der Waals surface area contributed by atoms with Gasteiger partial charge in [0.2, 0.25) is 21.8 Å². The Morgan fingerprint density at radius 2 is 1.87 bits per heavy atom. The van der Waals surface area contributed by atoms with Crippen molar-refractivity contribution in [1.82, 2.24) is 20.3 Å². The zero-order valence-electron chi connectivity index (χ0n) is 22.8. The molecule has 1 saturated heterocycles. The normalized spacial score (nSPS) is 32.2. The number of fused-ring (bicyclic) bond motifs is 2. The van der Waals surface area contributed by atoms with Crippen LogP contribution in [0, 0.1) is 5.92 Å². The molecule has 4 N–H and O–H groups in total. The number of carbonyl (C=O) groups excluding carboxylic acids is 4. The van der Waals surface area contributed by atoms with E-state index in [1.54, 1.807) is 20.8 Å². The highest BCUT2D eigenvalue weighted by Crippen LogP contribution is 2.46. The smallest absolute Gasteiger partial charge is 0.408 e. The minimum atomic E-state index is -3.83. The Morgan fingerprint density at radius 3 is 2.54 bits per heavy atom. The predicted octanol–water partition coefficient (Wildman–Crippen LogP) is 0.845. The molecule has 0 unspecified atom stereocenters. The van der Waals surface area contributed by atoms with Crippen LogP contribution in [0.4, 0.5) is 4.79 Å². The average Bonchev–Trinajstić information content (AvgIpc) is 3.73. The lowest BCUT2D eigenvalue weighted by atomic mass is 10.0. The zero-order chi connectivity index (χ0) is 28.6. The molecule has 0 aromatic carbocycles. The third-order valence-corrected chi connectivity index (χ3v) is 9.37. The number of nitrogens with zero attached hydrogens (tertiary/aromatic N) is 1. The topological polar surface area (TPSA) is 171 Å². The van der Waals surface area contributed by atoms with E-state index in [4.69, 9.17) is 4.74 Å². The quantitative estimate of drug-likeness (QED) is 0.362. The Morgan fingerprint density at radius 1 is 1.15 bits per heavy atom. The fraction of sp³-hybridized carbons (Fsp3) is 0.769. The second kappa shape index (κ2) is 11.1. The van der Waals surface area contributed by atoms with Crippen LogP contribution in [0.15, 0.2) is 12.2 Å². The highest BCUT2D eigenvalue weighted by atomic mass is 32.2. The van der Waals surface area contributed by atoms with Crippen LogP contribution in [0.5, 0.6) is 0 Å². The lowest BCUT2D eigenvalue weighted by Gasteiger charge is -2.30. The Balaban J connectivity index is 1.57. The van der Waals surface area contributed by atoms with Crippen LogP contribution in [-0.4, -0.2) is 83.4 Å². The molecule has 4 rings (SSSR count). The number of carbonyl (C=O) groups is 4. The van der Waals surface area contributed by atoms with Crippen molar-refractivity contribution in [1.29, 1.82) is 0 Å². The van der Waals surface area contributed by atoms with Crippen molar-refractivity contribution in [3.8, 4) is 0 Å². The van der Waals surface area contributed by atoms with Crippen LogP contribution < -0.4 is 15.4 Å². The number of allylic oxidation sites excluding steroid dienone is 1. The fourth-order valence-corrected chi connectivity index (χ4v) is 6.59. The van der Waals surface area contributed by atoms with E-state index in [0.29, 0.717) is 32.1 Å².